The second kappa shape index (κ2) is 4.62. The van der Waals surface area contributed by atoms with E-state index < -0.39 is 8.07 Å². The van der Waals surface area contributed by atoms with E-state index in [-0.39, 0.29) is 5.91 Å². The van der Waals surface area contributed by atoms with Crippen LogP contribution in [-0.4, -0.2) is 21.1 Å². The Morgan fingerprint density at radius 1 is 1.07 bits per heavy atom. The van der Waals surface area contributed by atoms with Crippen LogP contribution in [0.25, 0.3) is 0 Å². The van der Waals surface area contributed by atoms with Gasteiger partial charge in [0.15, 0.2) is 5.91 Å². The second-order valence-electron chi connectivity index (χ2n) is 4.36. The van der Waals surface area contributed by atoms with E-state index in [4.69, 9.17) is 9.47 Å². The highest BCUT2D eigenvalue weighted by atomic mass is 28.3. The first-order valence-electron chi connectivity index (χ1n) is 4.78. The van der Waals surface area contributed by atoms with Crippen LogP contribution in [0.15, 0.2) is 30.3 Å². The molecule has 0 saturated heterocycles. The van der Waals surface area contributed by atoms with Gasteiger partial charge in [-0.15, -0.1) is 0 Å². The molecule has 1 aromatic carbocycles. The summed E-state index contributed by atoms with van der Waals surface area (Å²) in [6.07, 6.45) is 0. The van der Waals surface area contributed by atoms with Crippen molar-refractivity contribution in [2.75, 3.05) is 7.11 Å². The number of benzene rings is 1. The monoisotopic (exact) mass is 210 g/mol. The molecule has 0 spiro atoms. The summed E-state index contributed by atoms with van der Waals surface area (Å²) >= 11 is 0. The van der Waals surface area contributed by atoms with E-state index in [1.165, 1.54) is 0 Å². The van der Waals surface area contributed by atoms with Gasteiger partial charge in [-0.1, -0.05) is 37.8 Å². The fourth-order valence-electron chi connectivity index (χ4n) is 1.20. The standard InChI is InChI=1S/C11H18O2Si/c1-12-11(14(2,3)4)13-10-8-6-5-7-9-10/h5-9,11H,1-4H3/t11-/m1/s1. The Hall–Kier alpha value is -0.803. The van der Waals surface area contributed by atoms with Crippen LogP contribution < -0.4 is 4.74 Å². The Morgan fingerprint density at radius 2 is 1.64 bits per heavy atom. The molecule has 0 aromatic heterocycles. The van der Waals surface area contributed by atoms with Crippen LogP contribution in [-0.2, 0) is 4.74 Å². The zero-order valence-electron chi connectivity index (χ0n) is 9.28. The lowest BCUT2D eigenvalue weighted by Gasteiger charge is -2.27. The molecule has 0 heterocycles. The molecule has 0 N–H and O–H groups in total. The molecule has 0 aliphatic carbocycles. The largest absolute Gasteiger partial charge is 0.469 e. The van der Waals surface area contributed by atoms with E-state index in [1.54, 1.807) is 7.11 Å². The van der Waals surface area contributed by atoms with Gasteiger partial charge in [-0.3, -0.25) is 0 Å². The van der Waals surface area contributed by atoms with Crippen molar-refractivity contribution in [3.63, 3.8) is 0 Å². The third-order valence-electron chi connectivity index (χ3n) is 1.91. The first-order chi connectivity index (χ1) is 6.54. The molecule has 0 fully saturated rings. The fraction of sp³-hybridized carbons (Fsp3) is 0.455. The summed E-state index contributed by atoms with van der Waals surface area (Å²) in [4.78, 5) is 0. The van der Waals surface area contributed by atoms with Gasteiger partial charge in [0.1, 0.15) is 13.8 Å². The van der Waals surface area contributed by atoms with Crippen molar-refractivity contribution in [2.45, 2.75) is 25.6 Å². The van der Waals surface area contributed by atoms with Crippen LogP contribution in [0.3, 0.4) is 0 Å². The Morgan fingerprint density at radius 3 is 2.07 bits per heavy atom. The van der Waals surface area contributed by atoms with Crippen molar-refractivity contribution >= 4 is 8.07 Å². The molecule has 14 heavy (non-hydrogen) atoms. The molecule has 2 nitrogen and oxygen atoms in total. The third kappa shape index (κ3) is 3.16. The summed E-state index contributed by atoms with van der Waals surface area (Å²) in [7, 11) is 0.286. The van der Waals surface area contributed by atoms with Gasteiger partial charge in [-0.25, -0.2) is 0 Å². The van der Waals surface area contributed by atoms with Crippen LogP contribution in [0.4, 0.5) is 0 Å². The zero-order chi connectivity index (χ0) is 10.6. The van der Waals surface area contributed by atoms with Gasteiger partial charge in [0.25, 0.3) is 0 Å². The number of hydrogen-bond donors (Lipinski definition) is 0. The van der Waals surface area contributed by atoms with Crippen molar-refractivity contribution in [1.29, 1.82) is 0 Å². The van der Waals surface area contributed by atoms with E-state index >= 15 is 0 Å². The van der Waals surface area contributed by atoms with Crippen molar-refractivity contribution in [2.24, 2.45) is 0 Å². The maximum Gasteiger partial charge on any atom is 0.179 e. The van der Waals surface area contributed by atoms with Crippen molar-refractivity contribution in [3.05, 3.63) is 30.3 Å². The van der Waals surface area contributed by atoms with E-state index in [9.17, 15) is 0 Å². The molecule has 0 aliphatic heterocycles. The summed E-state index contributed by atoms with van der Waals surface area (Å²) in [6, 6.07) is 9.81. The number of rotatable bonds is 4. The third-order valence-corrected chi connectivity index (χ3v) is 3.68. The van der Waals surface area contributed by atoms with Gasteiger partial charge in [0, 0.05) is 7.11 Å². The SMILES string of the molecule is CO[C@H](Oc1ccccc1)[Si](C)(C)C. The first-order valence-corrected chi connectivity index (χ1v) is 8.36. The lowest BCUT2D eigenvalue weighted by molar-refractivity contribution is 0.00224. The number of para-hydroxylation sites is 1. The molecule has 3 heteroatoms. The van der Waals surface area contributed by atoms with Crippen LogP contribution >= 0.6 is 0 Å². The van der Waals surface area contributed by atoms with Crippen molar-refractivity contribution in [3.8, 4) is 5.75 Å². The van der Waals surface area contributed by atoms with Crippen LogP contribution in [0.1, 0.15) is 0 Å². The van der Waals surface area contributed by atoms with Gasteiger partial charge >= 0.3 is 0 Å². The average molecular weight is 210 g/mol. The average Bonchev–Trinajstić information content (AvgIpc) is 2.14. The molecule has 0 bridgehead atoms. The molecule has 0 radical (unpaired) electrons. The molecule has 78 valence electrons. The molecule has 0 saturated carbocycles. The summed E-state index contributed by atoms with van der Waals surface area (Å²) in [5.74, 6) is 0.798. The maximum atomic E-state index is 5.77. The van der Waals surface area contributed by atoms with Gasteiger partial charge in [0.05, 0.1) is 0 Å². The zero-order valence-corrected chi connectivity index (χ0v) is 10.3. The summed E-state index contributed by atoms with van der Waals surface area (Å²) in [5, 5.41) is 0. The van der Waals surface area contributed by atoms with Gasteiger partial charge in [-0.2, -0.15) is 0 Å². The predicted molar refractivity (Wildman–Crippen MR) is 61.2 cm³/mol. The normalized spacial score (nSPS) is 13.7. The lowest BCUT2D eigenvalue weighted by Crippen LogP contribution is -2.43. The summed E-state index contributed by atoms with van der Waals surface area (Å²) in [5.41, 5.74) is 0. The Kier molecular flexibility index (Phi) is 3.72. The van der Waals surface area contributed by atoms with Crippen LogP contribution in [0, 0.1) is 0 Å². The van der Waals surface area contributed by atoms with E-state index in [2.05, 4.69) is 19.6 Å². The van der Waals surface area contributed by atoms with Crippen LogP contribution in [0.2, 0.25) is 19.6 Å². The highest BCUT2D eigenvalue weighted by Crippen LogP contribution is 2.17. The Bertz CT molecular complexity index is 266. The number of hydrogen-bond acceptors (Lipinski definition) is 2. The lowest BCUT2D eigenvalue weighted by atomic mass is 10.3. The fourth-order valence-corrected chi connectivity index (χ4v) is 2.40. The van der Waals surface area contributed by atoms with Gasteiger partial charge in [-0.05, 0) is 12.1 Å². The van der Waals surface area contributed by atoms with E-state index in [0.29, 0.717) is 0 Å². The second-order valence-corrected chi connectivity index (χ2v) is 9.57. The topological polar surface area (TPSA) is 18.5 Å². The minimum absolute atomic E-state index is 0.0788. The minimum Gasteiger partial charge on any atom is -0.469 e. The molecule has 0 amide bonds. The molecule has 1 atom stereocenters. The first kappa shape index (κ1) is 11.3. The van der Waals surface area contributed by atoms with Gasteiger partial charge in [0.2, 0.25) is 0 Å². The quantitative estimate of drug-likeness (QED) is 0.562. The molecular formula is C11H18O2Si. The number of methoxy groups -OCH3 is 1. The van der Waals surface area contributed by atoms with Crippen molar-refractivity contribution < 1.29 is 9.47 Å². The molecular weight excluding hydrogens is 192 g/mol. The van der Waals surface area contributed by atoms with Crippen LogP contribution in [0.5, 0.6) is 5.75 Å². The highest BCUT2D eigenvalue weighted by molar-refractivity contribution is 6.77. The Balaban J connectivity index is 2.67. The minimum atomic E-state index is -1.41. The van der Waals surface area contributed by atoms with E-state index in [1.807, 2.05) is 30.3 Å². The molecule has 0 unspecified atom stereocenters. The molecule has 0 aliphatic rings. The Labute approximate surface area is 86.9 Å². The summed E-state index contributed by atoms with van der Waals surface area (Å²) in [6.45, 7) is 6.68. The molecule has 1 rings (SSSR count). The number of ether oxygens (including phenoxy) is 2. The predicted octanol–water partition coefficient (Wildman–Crippen LogP) is 2.92. The maximum absolute atomic E-state index is 5.77. The van der Waals surface area contributed by atoms with E-state index in [0.717, 1.165) is 5.75 Å². The summed E-state index contributed by atoms with van der Waals surface area (Å²) < 4.78 is 11.1. The smallest absolute Gasteiger partial charge is 0.179 e. The molecule has 1 aromatic rings. The highest BCUT2D eigenvalue weighted by Gasteiger charge is 2.28. The van der Waals surface area contributed by atoms with Crippen molar-refractivity contribution in [1.82, 2.24) is 0 Å². The van der Waals surface area contributed by atoms with Gasteiger partial charge < -0.3 is 9.47 Å².